The van der Waals surface area contributed by atoms with Crippen LogP contribution in [0.1, 0.15) is 23.6 Å². The largest absolute Gasteiger partial charge is 0.385 e. The lowest BCUT2D eigenvalue weighted by Gasteiger charge is -2.21. The Morgan fingerprint density at radius 3 is 2.82 bits per heavy atom. The average molecular weight is 400 g/mol. The molecule has 0 radical (unpaired) electrons. The van der Waals surface area contributed by atoms with Crippen molar-refractivity contribution < 1.29 is 14.4 Å². The smallest absolute Gasteiger partial charge is 0.270 e. The first kappa shape index (κ1) is 19.9. The van der Waals surface area contributed by atoms with Gasteiger partial charge in [-0.2, -0.15) is 0 Å². The van der Waals surface area contributed by atoms with Crippen molar-refractivity contribution in [1.29, 1.82) is 0 Å². The van der Waals surface area contributed by atoms with Crippen LogP contribution in [-0.4, -0.2) is 30.7 Å². The summed E-state index contributed by atoms with van der Waals surface area (Å²) in [5.41, 5.74) is 4.42. The molecule has 0 bridgehead atoms. The minimum atomic E-state index is -0.485. The predicted molar refractivity (Wildman–Crippen MR) is 111 cm³/mol. The minimum Gasteiger partial charge on any atom is -0.385 e. The third-order valence-corrected chi connectivity index (χ3v) is 4.89. The van der Waals surface area contributed by atoms with Crippen molar-refractivity contribution in [3.05, 3.63) is 58.1 Å². The fourth-order valence-corrected chi connectivity index (χ4v) is 3.79. The first-order valence-electron chi connectivity index (χ1n) is 9.00. The van der Waals surface area contributed by atoms with Crippen molar-refractivity contribution in [3.63, 3.8) is 0 Å². The first-order chi connectivity index (χ1) is 13.4. The number of nitrogens with one attached hydrogen (secondary N) is 1. The van der Waals surface area contributed by atoms with Gasteiger partial charge in [-0.25, -0.2) is 0 Å². The summed E-state index contributed by atoms with van der Waals surface area (Å²) in [7, 11) is 0. The van der Waals surface area contributed by atoms with Gasteiger partial charge in [0.05, 0.1) is 10.7 Å². The maximum absolute atomic E-state index is 12.5. The van der Waals surface area contributed by atoms with Crippen LogP contribution in [0.25, 0.3) is 0 Å². The van der Waals surface area contributed by atoms with E-state index in [0.29, 0.717) is 10.7 Å². The molecule has 2 amide bonds. The van der Waals surface area contributed by atoms with Crippen molar-refractivity contribution in [2.75, 3.05) is 16.8 Å². The Bertz CT molecular complexity index is 919. The van der Waals surface area contributed by atoms with Crippen LogP contribution in [0.5, 0.6) is 0 Å². The second-order valence-corrected chi connectivity index (χ2v) is 7.29. The van der Waals surface area contributed by atoms with Gasteiger partial charge in [-0.05, 0) is 56.0 Å². The number of hydrogen-bond acceptors (Lipinski definition) is 4. The van der Waals surface area contributed by atoms with Crippen molar-refractivity contribution in [2.45, 2.75) is 33.2 Å². The number of fused-ring (bicyclic) bond motifs is 1. The number of nitrogens with zero attached hydrogens (tertiary/aromatic N) is 2. The van der Waals surface area contributed by atoms with Gasteiger partial charge in [-0.15, -0.1) is 0 Å². The van der Waals surface area contributed by atoms with Gasteiger partial charge in [-0.1, -0.05) is 41.0 Å². The molecule has 1 aliphatic rings. The number of hydrogen-bond donors (Lipinski definition) is 1. The number of benzene rings is 2. The first-order valence-corrected chi connectivity index (χ1v) is 9.37. The number of carbonyl (C=O) groups is 2. The van der Waals surface area contributed by atoms with Crippen molar-refractivity contribution >= 4 is 41.0 Å². The minimum absolute atomic E-state index is 0.0624. The number of aryl methyl sites for hydroxylation is 2. The van der Waals surface area contributed by atoms with Crippen LogP contribution >= 0.6 is 11.6 Å². The molecule has 0 aliphatic carbocycles. The maximum Gasteiger partial charge on any atom is 0.270 e. The summed E-state index contributed by atoms with van der Waals surface area (Å²) in [6, 6.07) is 11.5. The SMILES string of the molecule is Cc1cc(C)c(NC(=O)/C=N\OCC(=O)N2c3ccccc3C[C@H]2C)c(Cl)c1. The Labute approximate surface area is 169 Å². The van der Waals surface area contributed by atoms with Gasteiger partial charge in [0, 0.05) is 11.7 Å². The van der Waals surface area contributed by atoms with Gasteiger partial charge in [0.1, 0.15) is 6.21 Å². The fraction of sp³-hybridized carbons (Fsp3) is 0.286. The number of rotatable bonds is 5. The monoisotopic (exact) mass is 399 g/mol. The molecule has 1 N–H and O–H groups in total. The zero-order valence-electron chi connectivity index (χ0n) is 16.0. The van der Waals surface area contributed by atoms with E-state index in [1.54, 1.807) is 11.0 Å². The van der Waals surface area contributed by atoms with Crippen LogP contribution in [0.4, 0.5) is 11.4 Å². The summed E-state index contributed by atoms with van der Waals surface area (Å²) in [6.07, 6.45) is 1.80. The molecule has 3 rings (SSSR count). The van der Waals surface area contributed by atoms with Crippen molar-refractivity contribution in [2.24, 2.45) is 5.16 Å². The average Bonchev–Trinajstić information content (AvgIpc) is 2.97. The van der Waals surface area contributed by atoms with Crippen LogP contribution in [-0.2, 0) is 20.8 Å². The molecular formula is C21H22ClN3O3. The highest BCUT2D eigenvalue weighted by atomic mass is 35.5. The number of halogens is 1. The fourth-order valence-electron chi connectivity index (χ4n) is 3.42. The van der Waals surface area contributed by atoms with E-state index in [4.69, 9.17) is 16.4 Å². The van der Waals surface area contributed by atoms with E-state index in [1.807, 2.05) is 51.1 Å². The number of anilines is 2. The van der Waals surface area contributed by atoms with E-state index in [9.17, 15) is 9.59 Å². The molecule has 1 aliphatic heterocycles. The molecule has 2 aromatic carbocycles. The highest BCUT2D eigenvalue weighted by Crippen LogP contribution is 2.31. The Morgan fingerprint density at radius 1 is 1.32 bits per heavy atom. The summed E-state index contributed by atoms with van der Waals surface area (Å²) in [5.74, 6) is -0.686. The second kappa shape index (κ2) is 8.44. The summed E-state index contributed by atoms with van der Waals surface area (Å²) in [6.45, 7) is 5.53. The van der Waals surface area contributed by atoms with E-state index in [-0.39, 0.29) is 18.6 Å². The number of para-hydroxylation sites is 1. The zero-order chi connectivity index (χ0) is 20.3. The molecule has 6 nitrogen and oxygen atoms in total. The quantitative estimate of drug-likeness (QED) is 0.612. The summed E-state index contributed by atoms with van der Waals surface area (Å²) in [5, 5.41) is 6.74. The molecule has 0 fully saturated rings. The molecule has 0 spiro atoms. The van der Waals surface area contributed by atoms with Crippen LogP contribution < -0.4 is 10.2 Å². The molecule has 0 aromatic heterocycles. The Kier molecular flexibility index (Phi) is 5.99. The highest BCUT2D eigenvalue weighted by molar-refractivity contribution is 6.37. The van der Waals surface area contributed by atoms with Gasteiger partial charge in [0.2, 0.25) is 0 Å². The molecule has 0 unspecified atom stereocenters. The maximum atomic E-state index is 12.5. The van der Waals surface area contributed by atoms with Gasteiger partial charge in [0.15, 0.2) is 6.61 Å². The Balaban J connectivity index is 1.54. The molecule has 28 heavy (non-hydrogen) atoms. The normalized spacial score (nSPS) is 15.6. The van der Waals surface area contributed by atoms with E-state index in [0.717, 1.165) is 35.0 Å². The lowest BCUT2D eigenvalue weighted by atomic mass is 10.1. The van der Waals surface area contributed by atoms with Gasteiger partial charge < -0.3 is 15.1 Å². The predicted octanol–water partition coefficient (Wildman–Crippen LogP) is 3.88. The van der Waals surface area contributed by atoms with Crippen molar-refractivity contribution in [3.8, 4) is 0 Å². The number of carbonyl (C=O) groups excluding carboxylic acids is 2. The molecule has 1 heterocycles. The Hall–Kier alpha value is -2.86. The van der Waals surface area contributed by atoms with Crippen LogP contribution in [0, 0.1) is 13.8 Å². The molecule has 2 aromatic rings. The van der Waals surface area contributed by atoms with Gasteiger partial charge in [0.25, 0.3) is 11.8 Å². The van der Waals surface area contributed by atoms with Crippen molar-refractivity contribution in [1.82, 2.24) is 0 Å². The summed E-state index contributed by atoms with van der Waals surface area (Å²) >= 11 is 6.17. The van der Waals surface area contributed by atoms with Gasteiger partial charge in [-0.3, -0.25) is 9.59 Å². The van der Waals surface area contributed by atoms with Crippen LogP contribution in [0.15, 0.2) is 41.6 Å². The van der Waals surface area contributed by atoms with E-state index in [1.165, 1.54) is 0 Å². The molecule has 7 heteroatoms. The standard InChI is InChI=1S/C21H22ClN3O3/c1-13-8-14(2)21(17(22)9-13)24-19(26)11-23-28-12-20(27)25-15(3)10-16-6-4-5-7-18(16)25/h4-9,11,15H,10,12H2,1-3H3,(H,24,26)/b23-11-/t15-/m1/s1. The molecule has 146 valence electrons. The summed E-state index contributed by atoms with van der Waals surface area (Å²) < 4.78 is 0. The lowest BCUT2D eigenvalue weighted by molar-refractivity contribution is -0.123. The molecule has 0 saturated heterocycles. The van der Waals surface area contributed by atoms with Gasteiger partial charge >= 0.3 is 0 Å². The van der Waals surface area contributed by atoms with E-state index < -0.39 is 5.91 Å². The molecule has 0 saturated carbocycles. The second-order valence-electron chi connectivity index (χ2n) is 6.88. The lowest BCUT2D eigenvalue weighted by Crippen LogP contribution is -2.38. The van der Waals surface area contributed by atoms with E-state index >= 15 is 0 Å². The number of oxime groups is 1. The van der Waals surface area contributed by atoms with E-state index in [2.05, 4.69) is 10.5 Å². The number of amides is 2. The third-order valence-electron chi connectivity index (χ3n) is 4.59. The topological polar surface area (TPSA) is 71.0 Å². The molecular weight excluding hydrogens is 378 g/mol. The van der Waals surface area contributed by atoms with Crippen LogP contribution in [0.3, 0.4) is 0 Å². The van der Waals surface area contributed by atoms with Crippen LogP contribution in [0.2, 0.25) is 5.02 Å². The Morgan fingerprint density at radius 2 is 2.07 bits per heavy atom. The highest BCUT2D eigenvalue weighted by Gasteiger charge is 2.30. The molecule has 1 atom stereocenters. The third kappa shape index (κ3) is 4.34. The zero-order valence-corrected chi connectivity index (χ0v) is 16.8. The summed E-state index contributed by atoms with van der Waals surface area (Å²) in [4.78, 5) is 31.3.